The van der Waals surface area contributed by atoms with Crippen molar-refractivity contribution in [2.75, 3.05) is 26.2 Å². The molecule has 10 heavy (non-hydrogen) atoms. The van der Waals surface area contributed by atoms with E-state index in [4.69, 9.17) is 11.5 Å². The lowest BCUT2D eigenvalue weighted by Crippen LogP contribution is -2.09. The first-order valence-corrected chi connectivity index (χ1v) is 3.94. The summed E-state index contributed by atoms with van der Waals surface area (Å²) >= 11 is 0. The van der Waals surface area contributed by atoms with Gasteiger partial charge in [-0.3, -0.25) is 0 Å². The Morgan fingerprint density at radius 1 is 1.00 bits per heavy atom. The molecule has 0 aromatic carbocycles. The zero-order valence-corrected chi connectivity index (χ0v) is 7.19. The SMILES string of the molecule is CCNCC.NCCCN. The molecule has 0 saturated heterocycles. The number of hydrogen-bond donors (Lipinski definition) is 3. The Labute approximate surface area is 64.2 Å². The average Bonchev–Trinajstić information content (AvgIpc) is 1.93. The van der Waals surface area contributed by atoms with E-state index in [1.165, 1.54) is 0 Å². The lowest BCUT2D eigenvalue weighted by atomic mass is 10.4. The first-order chi connectivity index (χ1) is 4.83. The molecule has 0 radical (unpaired) electrons. The molecule has 0 aromatic heterocycles. The van der Waals surface area contributed by atoms with Crippen LogP contribution in [0.1, 0.15) is 20.3 Å². The highest BCUT2D eigenvalue weighted by Gasteiger charge is 1.67. The first kappa shape index (κ1) is 12.5. The second kappa shape index (κ2) is 15.9. The van der Waals surface area contributed by atoms with E-state index in [1.54, 1.807) is 0 Å². The highest BCUT2D eigenvalue weighted by molar-refractivity contribution is 4.33. The number of nitrogens with one attached hydrogen (secondary N) is 1. The molecule has 0 bridgehead atoms. The molecule has 0 rings (SSSR count). The maximum absolute atomic E-state index is 5.06. The van der Waals surface area contributed by atoms with E-state index in [9.17, 15) is 0 Å². The number of rotatable bonds is 4. The Morgan fingerprint density at radius 2 is 1.40 bits per heavy atom. The Morgan fingerprint density at radius 3 is 1.40 bits per heavy atom. The van der Waals surface area contributed by atoms with Crippen LogP contribution in [0.2, 0.25) is 0 Å². The third-order valence-corrected chi connectivity index (χ3v) is 0.908. The van der Waals surface area contributed by atoms with Gasteiger partial charge in [-0.25, -0.2) is 0 Å². The fourth-order valence-electron chi connectivity index (χ4n) is 0.368. The van der Waals surface area contributed by atoms with Crippen molar-refractivity contribution in [2.45, 2.75) is 20.3 Å². The van der Waals surface area contributed by atoms with Crippen molar-refractivity contribution in [1.29, 1.82) is 0 Å². The van der Waals surface area contributed by atoms with Crippen molar-refractivity contribution in [1.82, 2.24) is 5.32 Å². The normalized spacial score (nSPS) is 8.40. The minimum Gasteiger partial charge on any atom is -0.330 e. The van der Waals surface area contributed by atoms with Crippen LogP contribution in [-0.4, -0.2) is 26.2 Å². The second-order valence-electron chi connectivity index (χ2n) is 1.89. The van der Waals surface area contributed by atoms with Crippen LogP contribution in [0.3, 0.4) is 0 Å². The summed E-state index contributed by atoms with van der Waals surface area (Å²) < 4.78 is 0. The summed E-state index contributed by atoms with van der Waals surface area (Å²) in [6, 6.07) is 0. The van der Waals surface area contributed by atoms with Crippen molar-refractivity contribution in [3.8, 4) is 0 Å². The van der Waals surface area contributed by atoms with Gasteiger partial charge in [-0.15, -0.1) is 0 Å². The summed E-state index contributed by atoms with van der Waals surface area (Å²) in [6.07, 6.45) is 0.944. The molecule has 5 N–H and O–H groups in total. The van der Waals surface area contributed by atoms with Crippen LogP contribution >= 0.6 is 0 Å². The highest BCUT2D eigenvalue weighted by Crippen LogP contribution is 1.58. The average molecular weight is 147 g/mol. The highest BCUT2D eigenvalue weighted by atomic mass is 14.8. The molecule has 0 aliphatic heterocycles. The van der Waals surface area contributed by atoms with Crippen LogP contribution < -0.4 is 16.8 Å². The Balaban J connectivity index is 0. The fourth-order valence-corrected chi connectivity index (χ4v) is 0.368. The number of hydrogen-bond acceptors (Lipinski definition) is 3. The fraction of sp³-hybridized carbons (Fsp3) is 1.00. The van der Waals surface area contributed by atoms with E-state index >= 15 is 0 Å². The van der Waals surface area contributed by atoms with E-state index in [-0.39, 0.29) is 0 Å². The molecular weight excluding hydrogens is 126 g/mol. The zero-order chi connectivity index (χ0) is 8.24. The quantitative estimate of drug-likeness (QED) is 0.521. The maximum atomic E-state index is 5.06. The van der Waals surface area contributed by atoms with Crippen molar-refractivity contribution < 1.29 is 0 Å². The van der Waals surface area contributed by atoms with Gasteiger partial charge in [0, 0.05) is 0 Å². The van der Waals surface area contributed by atoms with E-state index in [0.29, 0.717) is 0 Å². The van der Waals surface area contributed by atoms with Crippen LogP contribution in [0.5, 0.6) is 0 Å². The predicted molar refractivity (Wildman–Crippen MR) is 46.9 cm³/mol. The molecule has 0 fully saturated rings. The maximum Gasteiger partial charge on any atom is -0.00653 e. The van der Waals surface area contributed by atoms with Crippen LogP contribution in [0, 0.1) is 0 Å². The topological polar surface area (TPSA) is 64.1 Å². The standard InChI is InChI=1S/C4H11N.C3H10N2/c1-3-5-4-2;4-2-1-3-5/h5H,3-4H2,1-2H3;1-5H2. The van der Waals surface area contributed by atoms with Crippen LogP contribution in [-0.2, 0) is 0 Å². The largest absolute Gasteiger partial charge is 0.330 e. The van der Waals surface area contributed by atoms with Gasteiger partial charge in [-0.1, -0.05) is 13.8 Å². The molecule has 0 unspecified atom stereocenters. The summed E-state index contributed by atoms with van der Waals surface area (Å²) in [6.45, 7) is 7.83. The van der Waals surface area contributed by atoms with Crippen LogP contribution in [0.25, 0.3) is 0 Å². The molecule has 3 nitrogen and oxygen atoms in total. The Hall–Kier alpha value is -0.120. The lowest BCUT2D eigenvalue weighted by Gasteiger charge is -1.86. The summed E-state index contributed by atoms with van der Waals surface area (Å²) in [5.41, 5.74) is 10.1. The number of nitrogens with two attached hydrogens (primary N) is 2. The minimum atomic E-state index is 0.719. The van der Waals surface area contributed by atoms with Gasteiger partial charge in [0.05, 0.1) is 0 Å². The molecular formula is C7H21N3. The first-order valence-electron chi connectivity index (χ1n) is 3.94. The third kappa shape index (κ3) is 24.8. The molecule has 0 saturated carbocycles. The molecule has 0 aromatic rings. The van der Waals surface area contributed by atoms with Gasteiger partial charge in [0.2, 0.25) is 0 Å². The smallest absolute Gasteiger partial charge is 0.00653 e. The molecule has 0 amide bonds. The monoisotopic (exact) mass is 147 g/mol. The summed E-state index contributed by atoms with van der Waals surface area (Å²) in [7, 11) is 0. The van der Waals surface area contributed by atoms with Crippen molar-refractivity contribution in [2.24, 2.45) is 11.5 Å². The van der Waals surface area contributed by atoms with Gasteiger partial charge >= 0.3 is 0 Å². The Bertz CT molecular complexity index is 29.8. The van der Waals surface area contributed by atoms with Gasteiger partial charge in [0.1, 0.15) is 0 Å². The molecule has 0 aliphatic rings. The summed E-state index contributed by atoms with van der Waals surface area (Å²) in [4.78, 5) is 0. The van der Waals surface area contributed by atoms with E-state index in [1.807, 2.05) is 0 Å². The van der Waals surface area contributed by atoms with E-state index < -0.39 is 0 Å². The lowest BCUT2D eigenvalue weighted by molar-refractivity contribution is 0.762. The molecule has 0 atom stereocenters. The van der Waals surface area contributed by atoms with Crippen LogP contribution in [0.15, 0.2) is 0 Å². The van der Waals surface area contributed by atoms with Gasteiger partial charge in [-0.2, -0.15) is 0 Å². The second-order valence-corrected chi connectivity index (χ2v) is 1.89. The molecule has 0 spiro atoms. The van der Waals surface area contributed by atoms with E-state index in [0.717, 1.165) is 32.6 Å². The molecule has 3 heteroatoms. The van der Waals surface area contributed by atoms with Crippen molar-refractivity contribution >= 4 is 0 Å². The molecule has 0 heterocycles. The summed E-state index contributed by atoms with van der Waals surface area (Å²) in [5, 5.41) is 3.11. The minimum absolute atomic E-state index is 0.719. The molecule has 0 aliphatic carbocycles. The zero-order valence-electron chi connectivity index (χ0n) is 7.19. The predicted octanol–water partition coefficient (Wildman–Crippen LogP) is -0.0903. The Kier molecular flexibility index (Phi) is 20.0. The van der Waals surface area contributed by atoms with Gasteiger partial charge < -0.3 is 16.8 Å². The van der Waals surface area contributed by atoms with Crippen LogP contribution in [0.4, 0.5) is 0 Å². The van der Waals surface area contributed by atoms with Crippen molar-refractivity contribution in [3.05, 3.63) is 0 Å². The third-order valence-electron chi connectivity index (χ3n) is 0.908. The van der Waals surface area contributed by atoms with Gasteiger partial charge in [0.25, 0.3) is 0 Å². The van der Waals surface area contributed by atoms with E-state index in [2.05, 4.69) is 19.2 Å². The van der Waals surface area contributed by atoms with Gasteiger partial charge in [-0.05, 0) is 32.6 Å². The van der Waals surface area contributed by atoms with Crippen molar-refractivity contribution in [3.63, 3.8) is 0 Å². The molecule has 64 valence electrons. The summed E-state index contributed by atoms with van der Waals surface area (Å²) in [5.74, 6) is 0. The van der Waals surface area contributed by atoms with Gasteiger partial charge in [0.15, 0.2) is 0 Å².